The van der Waals surface area contributed by atoms with Crippen molar-refractivity contribution in [3.8, 4) is 0 Å². The molecule has 0 radical (unpaired) electrons. The van der Waals surface area contributed by atoms with E-state index in [1.165, 1.54) is 12.1 Å². The lowest BCUT2D eigenvalue weighted by molar-refractivity contribution is -0.0108. The second kappa shape index (κ2) is 4.03. The highest BCUT2D eigenvalue weighted by Gasteiger charge is 2.23. The number of halogens is 1. The van der Waals surface area contributed by atoms with Crippen LogP contribution in [0.15, 0.2) is 10.7 Å². The predicted octanol–water partition coefficient (Wildman–Crippen LogP) is 2.67. The minimum atomic E-state index is 0.225. The molecule has 1 aliphatic heterocycles. The van der Waals surface area contributed by atoms with E-state index in [4.69, 9.17) is 4.74 Å². The minimum Gasteiger partial charge on any atom is -0.372 e. The van der Waals surface area contributed by atoms with Crippen molar-refractivity contribution in [1.29, 1.82) is 0 Å². The van der Waals surface area contributed by atoms with Gasteiger partial charge >= 0.3 is 0 Å². The van der Waals surface area contributed by atoms with E-state index >= 15 is 0 Å². The molecule has 2 heterocycles. The van der Waals surface area contributed by atoms with Crippen molar-refractivity contribution in [2.75, 3.05) is 6.61 Å². The summed E-state index contributed by atoms with van der Waals surface area (Å²) >= 11 is 3.38. The standard InChI is InChI=1S/C10H15BrN2O/c1-7-3-4-14-9(5-7)8-6-10(11)12-13(8)2/h6-7,9H,3-5H2,1-2H3. The zero-order valence-electron chi connectivity index (χ0n) is 8.53. The Hall–Kier alpha value is -0.350. The SMILES string of the molecule is CC1CCOC(c2cc(Br)nn2C)C1. The summed E-state index contributed by atoms with van der Waals surface area (Å²) in [6.45, 7) is 3.15. The fourth-order valence-electron chi connectivity index (χ4n) is 1.92. The fraction of sp³-hybridized carbons (Fsp3) is 0.700. The summed E-state index contributed by atoms with van der Waals surface area (Å²) in [7, 11) is 1.96. The predicted molar refractivity (Wildman–Crippen MR) is 58.0 cm³/mol. The van der Waals surface area contributed by atoms with E-state index in [0.29, 0.717) is 0 Å². The van der Waals surface area contributed by atoms with Gasteiger partial charge in [-0.2, -0.15) is 5.10 Å². The normalized spacial score (nSPS) is 27.9. The van der Waals surface area contributed by atoms with Crippen molar-refractivity contribution < 1.29 is 4.74 Å². The van der Waals surface area contributed by atoms with E-state index in [0.717, 1.165) is 23.5 Å². The molecule has 1 aliphatic rings. The van der Waals surface area contributed by atoms with Gasteiger partial charge in [0.15, 0.2) is 0 Å². The molecule has 1 saturated heterocycles. The lowest BCUT2D eigenvalue weighted by atomic mass is 9.96. The number of aryl methyl sites for hydroxylation is 1. The average molecular weight is 259 g/mol. The first-order valence-corrected chi connectivity index (χ1v) is 5.77. The molecule has 0 bridgehead atoms. The smallest absolute Gasteiger partial charge is 0.128 e. The third kappa shape index (κ3) is 2.01. The quantitative estimate of drug-likeness (QED) is 0.775. The van der Waals surface area contributed by atoms with E-state index in [9.17, 15) is 0 Å². The number of nitrogens with zero attached hydrogens (tertiary/aromatic N) is 2. The monoisotopic (exact) mass is 258 g/mol. The lowest BCUT2D eigenvalue weighted by Gasteiger charge is -2.27. The van der Waals surface area contributed by atoms with Crippen LogP contribution in [0.4, 0.5) is 0 Å². The molecule has 0 aliphatic carbocycles. The van der Waals surface area contributed by atoms with Crippen molar-refractivity contribution in [3.05, 3.63) is 16.4 Å². The topological polar surface area (TPSA) is 27.1 Å². The average Bonchev–Trinajstić information content (AvgIpc) is 2.45. The second-order valence-corrected chi connectivity index (χ2v) is 4.82. The summed E-state index contributed by atoms with van der Waals surface area (Å²) in [6, 6.07) is 2.04. The van der Waals surface area contributed by atoms with Crippen LogP contribution in [-0.2, 0) is 11.8 Å². The van der Waals surface area contributed by atoms with Crippen LogP contribution in [0.25, 0.3) is 0 Å². The molecule has 1 aromatic heterocycles. The van der Waals surface area contributed by atoms with Gasteiger partial charge < -0.3 is 4.74 Å². The Morgan fingerprint density at radius 3 is 3.00 bits per heavy atom. The van der Waals surface area contributed by atoms with E-state index in [2.05, 4.69) is 28.0 Å². The van der Waals surface area contributed by atoms with Crippen molar-refractivity contribution in [2.45, 2.75) is 25.9 Å². The van der Waals surface area contributed by atoms with Crippen LogP contribution in [0.1, 0.15) is 31.6 Å². The second-order valence-electron chi connectivity index (χ2n) is 4.00. The van der Waals surface area contributed by atoms with E-state index in [-0.39, 0.29) is 6.10 Å². The Morgan fingerprint density at radius 2 is 2.43 bits per heavy atom. The van der Waals surface area contributed by atoms with Crippen LogP contribution in [0, 0.1) is 5.92 Å². The summed E-state index contributed by atoms with van der Waals surface area (Å²) in [4.78, 5) is 0. The highest BCUT2D eigenvalue weighted by Crippen LogP contribution is 2.31. The largest absolute Gasteiger partial charge is 0.372 e. The molecule has 2 unspecified atom stereocenters. The highest BCUT2D eigenvalue weighted by atomic mass is 79.9. The first-order chi connectivity index (χ1) is 6.66. The van der Waals surface area contributed by atoms with Gasteiger partial charge in [0.05, 0.1) is 11.8 Å². The van der Waals surface area contributed by atoms with Crippen molar-refractivity contribution in [3.63, 3.8) is 0 Å². The van der Waals surface area contributed by atoms with Gasteiger partial charge in [0.25, 0.3) is 0 Å². The molecule has 0 N–H and O–H groups in total. The van der Waals surface area contributed by atoms with Gasteiger partial charge in [-0.25, -0.2) is 0 Å². The molecule has 1 fully saturated rings. The van der Waals surface area contributed by atoms with Crippen LogP contribution in [-0.4, -0.2) is 16.4 Å². The Bertz CT molecular complexity index is 324. The van der Waals surface area contributed by atoms with Gasteiger partial charge in [-0.15, -0.1) is 0 Å². The zero-order chi connectivity index (χ0) is 10.1. The molecule has 0 amide bonds. The lowest BCUT2D eigenvalue weighted by Crippen LogP contribution is -2.19. The molecule has 78 valence electrons. The number of ether oxygens (including phenoxy) is 1. The molecular weight excluding hydrogens is 244 g/mol. The number of rotatable bonds is 1. The molecular formula is C10H15BrN2O. The molecule has 1 aromatic rings. The Balaban J connectivity index is 2.17. The minimum absolute atomic E-state index is 0.225. The van der Waals surface area contributed by atoms with Crippen LogP contribution in [0.3, 0.4) is 0 Å². The zero-order valence-corrected chi connectivity index (χ0v) is 10.1. The molecule has 4 heteroatoms. The highest BCUT2D eigenvalue weighted by molar-refractivity contribution is 9.10. The first kappa shape index (κ1) is 10.2. The molecule has 2 rings (SSSR count). The van der Waals surface area contributed by atoms with E-state index < -0.39 is 0 Å². The number of hydrogen-bond acceptors (Lipinski definition) is 2. The first-order valence-electron chi connectivity index (χ1n) is 4.98. The van der Waals surface area contributed by atoms with Crippen LogP contribution < -0.4 is 0 Å². The fourth-order valence-corrected chi connectivity index (χ4v) is 2.39. The number of hydrogen-bond donors (Lipinski definition) is 0. The van der Waals surface area contributed by atoms with E-state index in [1.54, 1.807) is 0 Å². The van der Waals surface area contributed by atoms with Gasteiger partial charge in [-0.3, -0.25) is 4.68 Å². The third-order valence-electron chi connectivity index (χ3n) is 2.76. The summed E-state index contributed by atoms with van der Waals surface area (Å²) < 4.78 is 8.53. The van der Waals surface area contributed by atoms with Crippen LogP contribution >= 0.6 is 15.9 Å². The van der Waals surface area contributed by atoms with Gasteiger partial charge in [-0.05, 0) is 40.8 Å². The molecule has 3 nitrogen and oxygen atoms in total. The van der Waals surface area contributed by atoms with Crippen LogP contribution in [0.2, 0.25) is 0 Å². The van der Waals surface area contributed by atoms with Crippen molar-refractivity contribution in [1.82, 2.24) is 9.78 Å². The number of aromatic nitrogens is 2. The molecule has 14 heavy (non-hydrogen) atoms. The molecule has 2 atom stereocenters. The van der Waals surface area contributed by atoms with E-state index in [1.807, 2.05) is 17.8 Å². The summed E-state index contributed by atoms with van der Waals surface area (Å²) in [5, 5.41) is 4.26. The maximum Gasteiger partial charge on any atom is 0.128 e. The van der Waals surface area contributed by atoms with Gasteiger partial charge in [0, 0.05) is 13.7 Å². The summed E-state index contributed by atoms with van der Waals surface area (Å²) in [6.07, 6.45) is 2.50. The van der Waals surface area contributed by atoms with Gasteiger partial charge in [-0.1, -0.05) is 6.92 Å². The summed E-state index contributed by atoms with van der Waals surface area (Å²) in [5.41, 5.74) is 1.17. The molecule has 0 saturated carbocycles. The van der Waals surface area contributed by atoms with Gasteiger partial charge in [0.1, 0.15) is 4.60 Å². The maximum absolute atomic E-state index is 5.75. The third-order valence-corrected chi connectivity index (χ3v) is 3.15. The molecule has 0 aromatic carbocycles. The van der Waals surface area contributed by atoms with Crippen LogP contribution in [0.5, 0.6) is 0 Å². The Morgan fingerprint density at radius 1 is 1.64 bits per heavy atom. The Kier molecular flexibility index (Phi) is 2.93. The van der Waals surface area contributed by atoms with Crippen molar-refractivity contribution in [2.24, 2.45) is 13.0 Å². The molecule has 0 spiro atoms. The van der Waals surface area contributed by atoms with Gasteiger partial charge in [0.2, 0.25) is 0 Å². The van der Waals surface area contributed by atoms with Crippen molar-refractivity contribution >= 4 is 15.9 Å². The summed E-state index contributed by atoms with van der Waals surface area (Å²) in [5.74, 6) is 0.752. The Labute approximate surface area is 92.6 Å². The maximum atomic E-state index is 5.75.